The molecule has 22 heavy (non-hydrogen) atoms. The van der Waals surface area contributed by atoms with Crippen LogP contribution < -0.4 is 10.1 Å². The third-order valence-corrected chi connectivity index (χ3v) is 3.53. The molecule has 0 aliphatic heterocycles. The van der Waals surface area contributed by atoms with Gasteiger partial charge in [-0.25, -0.2) is 4.79 Å². The van der Waals surface area contributed by atoms with E-state index in [1.165, 1.54) is 0 Å². The Labute approximate surface area is 132 Å². The zero-order valence-electron chi connectivity index (χ0n) is 13.6. The third-order valence-electron chi connectivity index (χ3n) is 3.53. The van der Waals surface area contributed by atoms with Crippen molar-refractivity contribution < 1.29 is 9.53 Å². The molecule has 0 heterocycles. The molecule has 0 aromatic heterocycles. The van der Waals surface area contributed by atoms with Gasteiger partial charge in [0.1, 0.15) is 5.75 Å². The summed E-state index contributed by atoms with van der Waals surface area (Å²) < 4.78 is 5.65. The van der Waals surface area contributed by atoms with E-state index in [4.69, 9.17) is 4.74 Å². The molecule has 3 nitrogen and oxygen atoms in total. The molecule has 3 heteroatoms. The second-order valence-corrected chi connectivity index (χ2v) is 5.96. The average molecular weight is 297 g/mol. The van der Waals surface area contributed by atoms with E-state index in [0.717, 1.165) is 16.8 Å². The van der Waals surface area contributed by atoms with Crippen molar-refractivity contribution in [3.63, 3.8) is 0 Å². The number of amides is 1. The molecule has 0 saturated carbocycles. The van der Waals surface area contributed by atoms with Crippen LogP contribution in [-0.4, -0.2) is 6.09 Å². The second-order valence-electron chi connectivity index (χ2n) is 5.96. The molecule has 2 rings (SSSR count). The van der Waals surface area contributed by atoms with Gasteiger partial charge >= 0.3 is 6.09 Å². The van der Waals surface area contributed by atoms with Gasteiger partial charge in [0.05, 0.1) is 0 Å². The lowest BCUT2D eigenvalue weighted by atomic mass is 9.94. The zero-order valence-corrected chi connectivity index (χ0v) is 13.6. The largest absolute Gasteiger partial charge is 0.417 e. The fourth-order valence-electron chi connectivity index (χ4n) is 2.36. The van der Waals surface area contributed by atoms with E-state index >= 15 is 0 Å². The lowest BCUT2D eigenvalue weighted by Crippen LogP contribution is -2.18. The molecule has 0 radical (unpaired) electrons. The summed E-state index contributed by atoms with van der Waals surface area (Å²) in [5.74, 6) is 1.26. The van der Waals surface area contributed by atoms with E-state index < -0.39 is 6.09 Å². The Hall–Kier alpha value is -2.29. The fourth-order valence-corrected chi connectivity index (χ4v) is 2.36. The minimum Gasteiger partial charge on any atom is -0.409 e. The Balaban J connectivity index is 2.25. The summed E-state index contributed by atoms with van der Waals surface area (Å²) in [7, 11) is 0. The number of nitrogens with one attached hydrogen (secondary N) is 1. The van der Waals surface area contributed by atoms with Crippen molar-refractivity contribution in [1.29, 1.82) is 0 Å². The number of anilines is 1. The molecular weight excluding hydrogens is 274 g/mol. The maximum Gasteiger partial charge on any atom is 0.417 e. The molecule has 0 atom stereocenters. The van der Waals surface area contributed by atoms with Gasteiger partial charge in [-0.3, -0.25) is 5.32 Å². The van der Waals surface area contributed by atoms with Crippen molar-refractivity contribution in [3.8, 4) is 5.75 Å². The Morgan fingerprint density at radius 3 is 1.91 bits per heavy atom. The normalized spacial score (nSPS) is 10.8. The molecule has 1 amide bonds. The van der Waals surface area contributed by atoms with Crippen LogP contribution in [0.3, 0.4) is 0 Å². The van der Waals surface area contributed by atoms with E-state index in [2.05, 4.69) is 33.0 Å². The van der Waals surface area contributed by atoms with Crippen LogP contribution in [0.15, 0.2) is 48.5 Å². The molecule has 0 unspecified atom stereocenters. The van der Waals surface area contributed by atoms with Crippen LogP contribution >= 0.6 is 0 Å². The van der Waals surface area contributed by atoms with Gasteiger partial charge in [-0.15, -0.1) is 0 Å². The number of ether oxygens (including phenoxy) is 1. The average Bonchev–Trinajstić information content (AvgIpc) is 2.47. The van der Waals surface area contributed by atoms with Gasteiger partial charge in [-0.2, -0.15) is 0 Å². The van der Waals surface area contributed by atoms with E-state index in [0.29, 0.717) is 17.6 Å². The topological polar surface area (TPSA) is 38.3 Å². The van der Waals surface area contributed by atoms with E-state index in [-0.39, 0.29) is 0 Å². The number of carbonyl (C=O) groups excluding carboxylic acids is 1. The van der Waals surface area contributed by atoms with Crippen LogP contribution in [0.1, 0.15) is 50.7 Å². The number of carbonyl (C=O) groups is 1. The van der Waals surface area contributed by atoms with Gasteiger partial charge in [0, 0.05) is 5.69 Å². The molecule has 0 aliphatic carbocycles. The highest BCUT2D eigenvalue weighted by Crippen LogP contribution is 2.34. The van der Waals surface area contributed by atoms with Crippen molar-refractivity contribution >= 4 is 11.8 Å². The summed E-state index contributed by atoms with van der Waals surface area (Å²) in [5.41, 5.74) is 2.82. The highest BCUT2D eigenvalue weighted by molar-refractivity contribution is 5.86. The van der Waals surface area contributed by atoms with Gasteiger partial charge in [0.25, 0.3) is 0 Å². The van der Waals surface area contributed by atoms with Crippen LogP contribution in [0.5, 0.6) is 5.75 Å². The predicted octanol–water partition coefficient (Wildman–Crippen LogP) is 5.54. The van der Waals surface area contributed by atoms with Gasteiger partial charge < -0.3 is 4.74 Å². The molecule has 0 spiro atoms. The van der Waals surface area contributed by atoms with Crippen LogP contribution in [0.25, 0.3) is 0 Å². The van der Waals surface area contributed by atoms with Crippen LogP contribution in [-0.2, 0) is 0 Å². The summed E-state index contributed by atoms with van der Waals surface area (Å²) in [5, 5.41) is 2.76. The molecule has 0 bridgehead atoms. The number of rotatable bonds is 4. The maximum absolute atomic E-state index is 12.2. The SMILES string of the molecule is CC(C)c1cccc(C(C)C)c1OC(=O)Nc1ccccc1. The van der Waals surface area contributed by atoms with Crippen LogP contribution in [0.2, 0.25) is 0 Å². The Kier molecular flexibility index (Phi) is 5.21. The highest BCUT2D eigenvalue weighted by Gasteiger charge is 2.18. The summed E-state index contributed by atoms with van der Waals surface area (Å²) in [6.45, 7) is 8.39. The highest BCUT2D eigenvalue weighted by atomic mass is 16.6. The summed E-state index contributed by atoms with van der Waals surface area (Å²) >= 11 is 0. The number of hydrogen-bond acceptors (Lipinski definition) is 2. The van der Waals surface area contributed by atoms with Crippen molar-refractivity contribution in [2.45, 2.75) is 39.5 Å². The number of benzene rings is 2. The summed E-state index contributed by atoms with van der Waals surface area (Å²) in [4.78, 5) is 12.2. The standard InChI is InChI=1S/C19H23NO2/c1-13(2)16-11-8-12-17(14(3)4)18(16)22-19(21)20-15-9-6-5-7-10-15/h5-14H,1-4H3,(H,20,21). The fraction of sp³-hybridized carbons (Fsp3) is 0.316. The quantitative estimate of drug-likeness (QED) is 0.804. The van der Waals surface area contributed by atoms with Crippen molar-refractivity contribution in [2.24, 2.45) is 0 Å². The second kappa shape index (κ2) is 7.12. The lowest BCUT2D eigenvalue weighted by Gasteiger charge is -2.19. The Bertz CT molecular complexity index is 607. The van der Waals surface area contributed by atoms with Crippen molar-refractivity contribution in [2.75, 3.05) is 5.32 Å². The minimum atomic E-state index is -0.457. The third kappa shape index (κ3) is 3.88. The first-order chi connectivity index (χ1) is 10.5. The maximum atomic E-state index is 12.2. The van der Waals surface area contributed by atoms with Gasteiger partial charge in [0.15, 0.2) is 0 Å². The zero-order chi connectivity index (χ0) is 16.1. The van der Waals surface area contributed by atoms with E-state index in [9.17, 15) is 4.79 Å². The minimum absolute atomic E-state index is 0.290. The smallest absolute Gasteiger partial charge is 0.409 e. The molecule has 116 valence electrons. The molecular formula is C19H23NO2. The molecule has 2 aromatic rings. The first-order valence-electron chi connectivity index (χ1n) is 7.65. The summed E-state index contributed by atoms with van der Waals surface area (Å²) in [6.07, 6.45) is -0.457. The van der Waals surface area contributed by atoms with Crippen molar-refractivity contribution in [3.05, 3.63) is 59.7 Å². The Morgan fingerprint density at radius 1 is 0.864 bits per heavy atom. The molecule has 0 aliphatic rings. The van der Waals surface area contributed by atoms with Gasteiger partial charge in [-0.05, 0) is 35.1 Å². The van der Waals surface area contributed by atoms with E-state index in [1.54, 1.807) is 0 Å². The predicted molar refractivity (Wildman–Crippen MR) is 90.7 cm³/mol. The van der Waals surface area contributed by atoms with Crippen molar-refractivity contribution in [1.82, 2.24) is 0 Å². The lowest BCUT2D eigenvalue weighted by molar-refractivity contribution is 0.214. The molecule has 1 N–H and O–H groups in total. The molecule has 0 fully saturated rings. The van der Waals surface area contributed by atoms with Gasteiger partial charge in [-0.1, -0.05) is 64.1 Å². The van der Waals surface area contributed by atoms with E-state index in [1.807, 2.05) is 48.5 Å². The van der Waals surface area contributed by atoms with Gasteiger partial charge in [0.2, 0.25) is 0 Å². The van der Waals surface area contributed by atoms with Crippen LogP contribution in [0, 0.1) is 0 Å². The molecule has 0 saturated heterocycles. The monoisotopic (exact) mass is 297 g/mol. The van der Waals surface area contributed by atoms with Crippen LogP contribution in [0.4, 0.5) is 10.5 Å². The first-order valence-corrected chi connectivity index (χ1v) is 7.65. The summed E-state index contributed by atoms with van der Waals surface area (Å²) in [6, 6.07) is 15.4. The molecule has 2 aromatic carbocycles. The Morgan fingerprint density at radius 2 is 1.41 bits per heavy atom. The number of para-hydroxylation sites is 2. The first kappa shape index (κ1) is 16.1. The number of hydrogen-bond donors (Lipinski definition) is 1.